The van der Waals surface area contributed by atoms with Gasteiger partial charge in [0.25, 0.3) is 0 Å². The van der Waals surface area contributed by atoms with Crippen LogP contribution >= 0.6 is 0 Å². The number of ketones is 1. The van der Waals surface area contributed by atoms with Crippen LogP contribution in [0.1, 0.15) is 38.2 Å². The number of rotatable bonds is 4. The van der Waals surface area contributed by atoms with Crippen molar-refractivity contribution in [1.29, 1.82) is 0 Å². The monoisotopic (exact) mass is 230 g/mol. The van der Waals surface area contributed by atoms with Crippen molar-refractivity contribution in [3.8, 4) is 5.75 Å². The van der Waals surface area contributed by atoms with Gasteiger partial charge < -0.3 is 4.74 Å². The second-order valence-corrected chi connectivity index (χ2v) is 4.36. The number of benzene rings is 1. The molecule has 1 fully saturated rings. The number of carbonyl (C=O) groups is 1. The highest BCUT2D eigenvalue weighted by atomic mass is 16.5. The third kappa shape index (κ3) is 3.19. The van der Waals surface area contributed by atoms with Crippen LogP contribution in [-0.4, -0.2) is 12.4 Å². The van der Waals surface area contributed by atoms with E-state index >= 15 is 0 Å². The Bertz CT molecular complexity index is 415. The van der Waals surface area contributed by atoms with E-state index in [1.165, 1.54) is 0 Å². The van der Waals surface area contributed by atoms with Crippen molar-refractivity contribution < 1.29 is 9.53 Å². The lowest BCUT2D eigenvalue weighted by molar-refractivity contribution is -0.114. The average Bonchev–Trinajstić information content (AvgIpc) is 2.74. The molecule has 0 aliphatic heterocycles. The van der Waals surface area contributed by atoms with Gasteiger partial charge in [-0.1, -0.05) is 19.1 Å². The molecule has 0 N–H and O–H groups in total. The summed E-state index contributed by atoms with van der Waals surface area (Å²) >= 11 is 0. The van der Waals surface area contributed by atoms with Gasteiger partial charge in [0, 0.05) is 6.42 Å². The summed E-state index contributed by atoms with van der Waals surface area (Å²) in [6.45, 7) is 2.84. The molecule has 0 spiro atoms. The van der Waals surface area contributed by atoms with Gasteiger partial charge in [-0.15, -0.1) is 0 Å². The molecule has 2 heteroatoms. The van der Waals surface area contributed by atoms with E-state index in [1.54, 1.807) is 0 Å². The largest absolute Gasteiger partial charge is 0.494 e. The van der Waals surface area contributed by atoms with Gasteiger partial charge in [0.1, 0.15) is 5.75 Å². The average molecular weight is 230 g/mol. The number of ether oxygens (including phenoxy) is 1. The predicted octanol–water partition coefficient (Wildman–Crippen LogP) is 3.61. The summed E-state index contributed by atoms with van der Waals surface area (Å²) in [6, 6.07) is 7.93. The Hall–Kier alpha value is -1.57. The molecule has 0 saturated heterocycles. The normalized spacial score (nSPS) is 17.7. The number of hydrogen-bond donors (Lipinski definition) is 0. The Morgan fingerprint density at radius 3 is 2.59 bits per heavy atom. The molecule has 1 saturated carbocycles. The minimum Gasteiger partial charge on any atom is -0.494 e. The molecular weight excluding hydrogens is 212 g/mol. The SMILES string of the molecule is CCCOc1ccc(/C=C2/CCCC2=O)cc1. The van der Waals surface area contributed by atoms with Crippen molar-refractivity contribution in [2.75, 3.05) is 6.61 Å². The fourth-order valence-electron chi connectivity index (χ4n) is 1.97. The summed E-state index contributed by atoms with van der Waals surface area (Å²) in [6.07, 6.45) is 5.65. The molecule has 2 nitrogen and oxygen atoms in total. The fraction of sp³-hybridized carbons (Fsp3) is 0.400. The van der Waals surface area contributed by atoms with E-state index in [2.05, 4.69) is 6.92 Å². The molecule has 1 aliphatic rings. The van der Waals surface area contributed by atoms with Gasteiger partial charge in [0.05, 0.1) is 6.61 Å². The third-order valence-electron chi connectivity index (χ3n) is 2.90. The van der Waals surface area contributed by atoms with Crippen molar-refractivity contribution in [3.63, 3.8) is 0 Å². The van der Waals surface area contributed by atoms with Gasteiger partial charge >= 0.3 is 0 Å². The van der Waals surface area contributed by atoms with Gasteiger partial charge in [-0.05, 0) is 48.6 Å². The first-order valence-corrected chi connectivity index (χ1v) is 6.26. The summed E-state index contributed by atoms with van der Waals surface area (Å²) in [7, 11) is 0. The van der Waals surface area contributed by atoms with Crippen molar-refractivity contribution in [1.82, 2.24) is 0 Å². The molecular formula is C15H18O2. The van der Waals surface area contributed by atoms with Crippen LogP contribution in [-0.2, 0) is 4.79 Å². The first-order chi connectivity index (χ1) is 8.29. The van der Waals surface area contributed by atoms with Crippen LogP contribution in [0.15, 0.2) is 29.8 Å². The molecule has 0 heterocycles. The second kappa shape index (κ2) is 5.67. The zero-order valence-corrected chi connectivity index (χ0v) is 10.2. The van der Waals surface area contributed by atoms with Crippen molar-refractivity contribution in [2.45, 2.75) is 32.6 Å². The van der Waals surface area contributed by atoms with Gasteiger partial charge in [-0.2, -0.15) is 0 Å². The van der Waals surface area contributed by atoms with Crippen LogP contribution in [0, 0.1) is 0 Å². The predicted molar refractivity (Wildman–Crippen MR) is 69.1 cm³/mol. The van der Waals surface area contributed by atoms with Gasteiger partial charge in [0.2, 0.25) is 0 Å². The zero-order valence-electron chi connectivity index (χ0n) is 10.2. The smallest absolute Gasteiger partial charge is 0.158 e. The summed E-state index contributed by atoms with van der Waals surface area (Å²) in [5, 5.41) is 0. The van der Waals surface area contributed by atoms with E-state index in [0.717, 1.165) is 42.8 Å². The molecule has 0 bridgehead atoms. The Kier molecular flexibility index (Phi) is 3.97. The standard InChI is InChI=1S/C15H18O2/c1-2-10-17-14-8-6-12(7-9-14)11-13-4-3-5-15(13)16/h6-9,11H,2-5,10H2,1H3/b13-11-. The first kappa shape index (κ1) is 11.9. The van der Waals surface area contributed by atoms with Crippen LogP contribution < -0.4 is 4.74 Å². The summed E-state index contributed by atoms with van der Waals surface area (Å²) in [5.74, 6) is 1.20. The molecule has 17 heavy (non-hydrogen) atoms. The van der Waals surface area contributed by atoms with Crippen LogP contribution in [0.3, 0.4) is 0 Å². The molecule has 1 aliphatic carbocycles. The molecule has 1 aromatic rings. The Balaban J connectivity index is 2.05. The number of Topliss-reactive ketones (excluding diaryl/α,β-unsaturated/α-hetero) is 1. The molecule has 1 aromatic carbocycles. The van der Waals surface area contributed by atoms with E-state index in [1.807, 2.05) is 30.3 Å². The minimum absolute atomic E-state index is 0.302. The fourth-order valence-corrected chi connectivity index (χ4v) is 1.97. The van der Waals surface area contributed by atoms with Crippen molar-refractivity contribution in [2.24, 2.45) is 0 Å². The Labute approximate surface area is 102 Å². The van der Waals surface area contributed by atoms with Gasteiger partial charge in [-0.3, -0.25) is 4.79 Å². The van der Waals surface area contributed by atoms with E-state index in [4.69, 9.17) is 4.74 Å². The quantitative estimate of drug-likeness (QED) is 0.738. The van der Waals surface area contributed by atoms with Crippen LogP contribution in [0.25, 0.3) is 6.08 Å². The van der Waals surface area contributed by atoms with Crippen LogP contribution in [0.4, 0.5) is 0 Å². The highest BCUT2D eigenvalue weighted by Crippen LogP contribution is 2.23. The lowest BCUT2D eigenvalue weighted by Crippen LogP contribution is -1.94. The third-order valence-corrected chi connectivity index (χ3v) is 2.90. The van der Waals surface area contributed by atoms with Crippen molar-refractivity contribution >= 4 is 11.9 Å². The van der Waals surface area contributed by atoms with Crippen LogP contribution in [0.2, 0.25) is 0 Å². The summed E-state index contributed by atoms with van der Waals surface area (Å²) in [5.41, 5.74) is 2.05. The zero-order chi connectivity index (χ0) is 12.1. The number of allylic oxidation sites excluding steroid dienone is 1. The molecule has 0 amide bonds. The highest BCUT2D eigenvalue weighted by Gasteiger charge is 2.16. The first-order valence-electron chi connectivity index (χ1n) is 6.26. The lowest BCUT2D eigenvalue weighted by atomic mass is 10.1. The lowest BCUT2D eigenvalue weighted by Gasteiger charge is -2.04. The maximum absolute atomic E-state index is 11.5. The number of hydrogen-bond acceptors (Lipinski definition) is 2. The highest BCUT2D eigenvalue weighted by molar-refractivity contribution is 6.01. The molecule has 0 atom stereocenters. The second-order valence-electron chi connectivity index (χ2n) is 4.36. The van der Waals surface area contributed by atoms with Gasteiger partial charge in [0.15, 0.2) is 5.78 Å². The summed E-state index contributed by atoms with van der Waals surface area (Å²) < 4.78 is 5.51. The summed E-state index contributed by atoms with van der Waals surface area (Å²) in [4.78, 5) is 11.5. The molecule has 0 aromatic heterocycles. The van der Waals surface area contributed by atoms with E-state index in [9.17, 15) is 4.79 Å². The topological polar surface area (TPSA) is 26.3 Å². The van der Waals surface area contributed by atoms with Crippen molar-refractivity contribution in [3.05, 3.63) is 35.4 Å². The van der Waals surface area contributed by atoms with E-state index < -0.39 is 0 Å². The van der Waals surface area contributed by atoms with Crippen LogP contribution in [0.5, 0.6) is 5.75 Å². The molecule has 0 radical (unpaired) electrons. The molecule has 2 rings (SSSR count). The number of carbonyl (C=O) groups excluding carboxylic acids is 1. The van der Waals surface area contributed by atoms with E-state index in [0.29, 0.717) is 12.2 Å². The van der Waals surface area contributed by atoms with E-state index in [-0.39, 0.29) is 0 Å². The maximum atomic E-state index is 11.5. The Morgan fingerprint density at radius 1 is 1.24 bits per heavy atom. The molecule has 0 unspecified atom stereocenters. The Morgan fingerprint density at radius 2 is 2.00 bits per heavy atom. The molecule has 90 valence electrons. The maximum Gasteiger partial charge on any atom is 0.158 e. The minimum atomic E-state index is 0.302. The van der Waals surface area contributed by atoms with Gasteiger partial charge in [-0.25, -0.2) is 0 Å².